The number of carbonyl (C=O) groups excluding carboxylic acids is 2. The molecule has 5 heteroatoms. The van der Waals surface area contributed by atoms with Crippen molar-refractivity contribution in [2.75, 3.05) is 0 Å². The van der Waals surface area contributed by atoms with Crippen molar-refractivity contribution in [3.8, 4) is 0 Å². The molecule has 0 saturated heterocycles. The number of carbonyl (C=O) groups is 2. The maximum absolute atomic E-state index is 14.4. The van der Waals surface area contributed by atoms with Crippen LogP contribution in [0, 0.1) is 52.3 Å². The SMILES string of the molecule is CCCCCCCCC/C=C/C=C/C=C/C=C/C=C/C=C(\C(=O)OOC(=O)CCCCCCCCCCCCCCC)C1C[C@H](O)CC2=CC[C@H]3[C@@H]4CC[C@H]([C@H](C)CCCC(C)C)[C@@]4(C)CC[C@@H]3[C@@]21C. The third kappa shape index (κ3) is 19.5. The van der Waals surface area contributed by atoms with Crippen molar-refractivity contribution in [3.05, 3.63) is 84.1 Å². The highest BCUT2D eigenvalue weighted by Crippen LogP contribution is 2.69. The van der Waals surface area contributed by atoms with Crippen LogP contribution in [0.25, 0.3) is 0 Å². The van der Waals surface area contributed by atoms with E-state index in [2.05, 4.69) is 78.8 Å². The molecule has 3 fully saturated rings. The molecule has 0 bridgehead atoms. The second-order valence-corrected chi connectivity index (χ2v) is 23.6. The fraction of sp³-hybridized carbons (Fsp3) is 0.754. The molecule has 1 N–H and O–H groups in total. The fourth-order valence-electron chi connectivity index (χ4n) is 14.0. The number of fused-ring (bicyclic) bond motifs is 5. The lowest BCUT2D eigenvalue weighted by molar-refractivity contribution is -0.256. The zero-order valence-electron chi connectivity index (χ0n) is 46.3. The van der Waals surface area contributed by atoms with E-state index >= 15 is 0 Å². The van der Waals surface area contributed by atoms with Crippen LogP contribution in [0.15, 0.2) is 84.1 Å². The van der Waals surface area contributed by atoms with Crippen LogP contribution < -0.4 is 0 Å². The summed E-state index contributed by atoms with van der Waals surface area (Å²) in [5.74, 6) is 2.51. The third-order valence-electron chi connectivity index (χ3n) is 18.0. The second-order valence-electron chi connectivity index (χ2n) is 23.6. The van der Waals surface area contributed by atoms with Crippen molar-refractivity contribution in [2.45, 2.75) is 260 Å². The zero-order valence-corrected chi connectivity index (χ0v) is 46.3. The molecule has 1 unspecified atom stereocenters. The van der Waals surface area contributed by atoms with Gasteiger partial charge in [-0.2, -0.15) is 0 Å². The predicted octanol–water partition coefficient (Wildman–Crippen LogP) is 18.9. The van der Waals surface area contributed by atoms with E-state index in [1.165, 1.54) is 153 Å². The van der Waals surface area contributed by atoms with E-state index in [1.807, 2.05) is 42.5 Å². The number of rotatable bonds is 34. The molecule has 0 aromatic carbocycles. The van der Waals surface area contributed by atoms with Crippen LogP contribution in [-0.2, 0) is 19.4 Å². The molecule has 0 aliphatic heterocycles. The Kier molecular flexibility index (Phi) is 28.7. The van der Waals surface area contributed by atoms with Gasteiger partial charge in [0.1, 0.15) is 0 Å². The standard InChI is InChI=1S/C65H106O5/c1-8-10-12-14-16-18-20-22-23-24-25-26-28-29-31-33-35-37-42-57(63(68)70-69-62(67)43-38-36-34-32-30-27-21-19-17-15-13-11-9-2)61-51-55(66)50-54-44-45-56-59-47-46-58(53(5)41-39-40-52(3)4)64(59,6)49-48-60(56)65(54,61)7/h23-26,28-29,31,33,35,37,42,44,52-53,55-56,58-61,66H,8-22,27,30,32,34,36,38-41,43,45-51H2,1-7H3/b24-23+,26-25+,29-28+,33-31+,37-35+,57-42-/t53-,55-,56+,58-,59+,60+,61?,64-,65-/m1/s1. The summed E-state index contributed by atoms with van der Waals surface area (Å²) in [6, 6.07) is 0. The molecule has 0 radical (unpaired) electrons. The first-order valence-corrected chi connectivity index (χ1v) is 29.8. The van der Waals surface area contributed by atoms with Crippen LogP contribution >= 0.6 is 0 Å². The summed E-state index contributed by atoms with van der Waals surface area (Å²) < 4.78 is 0. The number of aliphatic hydroxyl groups excluding tert-OH is 1. The minimum absolute atomic E-state index is 0.237. The van der Waals surface area contributed by atoms with Gasteiger partial charge in [-0.05, 0) is 111 Å². The lowest BCUT2D eigenvalue weighted by Gasteiger charge is -2.60. The first kappa shape index (κ1) is 59.6. The first-order valence-electron chi connectivity index (χ1n) is 29.8. The molecule has 396 valence electrons. The van der Waals surface area contributed by atoms with Gasteiger partial charge < -0.3 is 5.11 Å². The van der Waals surface area contributed by atoms with Crippen molar-refractivity contribution >= 4 is 11.9 Å². The number of hydrogen-bond donors (Lipinski definition) is 1. The van der Waals surface area contributed by atoms with Gasteiger partial charge in [0.15, 0.2) is 0 Å². The van der Waals surface area contributed by atoms with E-state index < -0.39 is 18.0 Å². The Morgan fingerprint density at radius 3 is 1.81 bits per heavy atom. The molecule has 0 heterocycles. The van der Waals surface area contributed by atoms with Gasteiger partial charge in [-0.3, -0.25) is 0 Å². The molecule has 70 heavy (non-hydrogen) atoms. The highest BCUT2D eigenvalue weighted by Gasteiger charge is 2.61. The van der Waals surface area contributed by atoms with Gasteiger partial charge in [-0.1, -0.05) is 262 Å². The summed E-state index contributed by atoms with van der Waals surface area (Å²) in [6.07, 6.45) is 62.0. The van der Waals surface area contributed by atoms with Crippen molar-refractivity contribution in [1.82, 2.24) is 0 Å². The first-order chi connectivity index (χ1) is 34.0. The average Bonchev–Trinajstić information content (AvgIpc) is 3.70. The lowest BCUT2D eigenvalue weighted by Crippen LogP contribution is -2.54. The summed E-state index contributed by atoms with van der Waals surface area (Å²) in [5.41, 5.74) is 1.82. The number of aliphatic hydroxyl groups is 1. The van der Waals surface area contributed by atoms with E-state index in [-0.39, 0.29) is 17.8 Å². The molecule has 0 amide bonds. The van der Waals surface area contributed by atoms with Gasteiger partial charge in [0.25, 0.3) is 0 Å². The highest BCUT2D eigenvalue weighted by atomic mass is 17.2. The molecular weight excluding hydrogens is 861 g/mol. The Hall–Kier alpha value is -2.92. The molecule has 0 spiro atoms. The van der Waals surface area contributed by atoms with Crippen LogP contribution in [0.1, 0.15) is 254 Å². The fourth-order valence-corrected chi connectivity index (χ4v) is 14.0. The maximum Gasteiger partial charge on any atom is 0.382 e. The van der Waals surface area contributed by atoms with Gasteiger partial charge in [0, 0.05) is 11.5 Å². The summed E-state index contributed by atoms with van der Waals surface area (Å²) >= 11 is 0. The van der Waals surface area contributed by atoms with E-state index in [0.717, 1.165) is 56.3 Å². The van der Waals surface area contributed by atoms with E-state index in [0.29, 0.717) is 41.6 Å². The molecule has 3 saturated carbocycles. The van der Waals surface area contributed by atoms with Gasteiger partial charge >= 0.3 is 11.9 Å². The Balaban J connectivity index is 1.40. The number of unbranched alkanes of at least 4 members (excludes halogenated alkanes) is 19. The van der Waals surface area contributed by atoms with Crippen LogP contribution in [0.5, 0.6) is 0 Å². The summed E-state index contributed by atoms with van der Waals surface area (Å²) in [4.78, 5) is 38.2. The van der Waals surface area contributed by atoms with Crippen molar-refractivity contribution in [3.63, 3.8) is 0 Å². The number of allylic oxidation sites excluding steroid dienone is 12. The largest absolute Gasteiger partial charge is 0.393 e. The van der Waals surface area contributed by atoms with E-state index in [9.17, 15) is 14.7 Å². The normalized spacial score (nSPS) is 27.5. The molecular formula is C65H106O5. The maximum atomic E-state index is 14.4. The average molecular weight is 968 g/mol. The van der Waals surface area contributed by atoms with E-state index in [1.54, 1.807) is 0 Å². The van der Waals surface area contributed by atoms with Crippen molar-refractivity contribution in [1.29, 1.82) is 0 Å². The quantitative estimate of drug-likeness (QED) is 0.0174. The van der Waals surface area contributed by atoms with Crippen molar-refractivity contribution < 1.29 is 24.5 Å². The number of hydrogen-bond acceptors (Lipinski definition) is 5. The molecule has 4 aliphatic carbocycles. The molecule has 0 aromatic rings. The van der Waals surface area contributed by atoms with Crippen LogP contribution in [-0.4, -0.2) is 23.1 Å². The molecule has 9 atom stereocenters. The lowest BCUT2D eigenvalue weighted by atomic mass is 9.44. The topological polar surface area (TPSA) is 72.8 Å². The monoisotopic (exact) mass is 967 g/mol. The van der Waals surface area contributed by atoms with Crippen molar-refractivity contribution in [2.24, 2.45) is 52.3 Å². The van der Waals surface area contributed by atoms with Gasteiger partial charge in [0.2, 0.25) is 0 Å². The second kappa shape index (κ2) is 33.7. The molecule has 0 aromatic heterocycles. The predicted molar refractivity (Wildman–Crippen MR) is 297 cm³/mol. The van der Waals surface area contributed by atoms with Gasteiger partial charge in [-0.15, -0.1) is 0 Å². The van der Waals surface area contributed by atoms with Gasteiger partial charge in [0.05, 0.1) is 12.5 Å². The Morgan fingerprint density at radius 1 is 0.657 bits per heavy atom. The Bertz CT molecular complexity index is 1690. The van der Waals surface area contributed by atoms with Gasteiger partial charge in [-0.25, -0.2) is 19.4 Å². The molecule has 5 nitrogen and oxygen atoms in total. The third-order valence-corrected chi connectivity index (χ3v) is 18.0. The zero-order chi connectivity index (χ0) is 50.5. The molecule has 4 aliphatic rings. The Labute approximate surface area is 431 Å². The summed E-state index contributed by atoms with van der Waals surface area (Å²) in [5, 5.41) is 11.5. The smallest absolute Gasteiger partial charge is 0.382 e. The van der Waals surface area contributed by atoms with Crippen LogP contribution in [0.2, 0.25) is 0 Å². The minimum atomic E-state index is -0.615. The molecule has 4 rings (SSSR count). The van der Waals surface area contributed by atoms with Crippen LogP contribution in [0.4, 0.5) is 0 Å². The highest BCUT2D eigenvalue weighted by molar-refractivity contribution is 5.90. The Morgan fingerprint density at radius 2 is 1.21 bits per heavy atom. The minimum Gasteiger partial charge on any atom is -0.393 e. The van der Waals surface area contributed by atoms with Crippen LogP contribution in [0.3, 0.4) is 0 Å². The van der Waals surface area contributed by atoms with E-state index in [4.69, 9.17) is 9.78 Å². The summed E-state index contributed by atoms with van der Waals surface area (Å²) in [6.45, 7) is 16.8. The summed E-state index contributed by atoms with van der Waals surface area (Å²) in [7, 11) is 0.